The van der Waals surface area contributed by atoms with Crippen LogP contribution in [-0.2, 0) is 14.3 Å². The number of hydrogen-bond acceptors (Lipinski definition) is 4. The molecule has 5 saturated carbocycles. The van der Waals surface area contributed by atoms with Gasteiger partial charge in [0.1, 0.15) is 12.2 Å². The average Bonchev–Trinajstić information content (AvgIpc) is 2.53. The van der Waals surface area contributed by atoms with Crippen molar-refractivity contribution in [3.05, 3.63) is 12.7 Å². The van der Waals surface area contributed by atoms with Crippen LogP contribution in [0.4, 0.5) is 4.79 Å². The number of ether oxygens (including phenoxy) is 2. The quantitative estimate of drug-likeness (QED) is 0.454. The zero-order valence-corrected chi connectivity index (χ0v) is 14.9. The van der Waals surface area contributed by atoms with Gasteiger partial charge in [-0.25, -0.2) is 9.59 Å². The van der Waals surface area contributed by atoms with E-state index in [1.165, 1.54) is 51.4 Å². The second-order valence-corrected chi connectivity index (χ2v) is 8.47. The number of hydrogen-bond donors (Lipinski definition) is 1. The highest BCUT2D eigenvalue weighted by Crippen LogP contribution is 2.64. The fraction of sp³-hybridized carbons (Fsp3) is 0.800. The molecule has 0 spiro atoms. The standard InChI is InChI=1S/C20H29NO4/c1-2-18(22)24-7-6-21-19(23)25-20(15-4-3-5-15)16-9-13-8-14(11-16)12-17(20)10-13/h2,13-17H,1,3-12H2,(H,21,23). The molecule has 4 bridgehead atoms. The van der Waals surface area contributed by atoms with Crippen LogP contribution in [0.25, 0.3) is 0 Å². The van der Waals surface area contributed by atoms with Gasteiger partial charge in [-0.15, -0.1) is 0 Å². The SMILES string of the molecule is C=CC(=O)OCCNC(=O)OC1(C2CCC2)C2CC3CC(C2)CC1C3. The molecule has 5 aliphatic carbocycles. The van der Waals surface area contributed by atoms with Gasteiger partial charge < -0.3 is 14.8 Å². The van der Waals surface area contributed by atoms with Crippen LogP contribution >= 0.6 is 0 Å². The Morgan fingerprint density at radius 3 is 2.20 bits per heavy atom. The van der Waals surface area contributed by atoms with Crippen LogP contribution in [0.15, 0.2) is 12.7 Å². The van der Waals surface area contributed by atoms with Gasteiger partial charge in [-0.1, -0.05) is 13.0 Å². The monoisotopic (exact) mass is 347 g/mol. The topological polar surface area (TPSA) is 64.6 Å². The molecule has 0 aromatic rings. The molecule has 0 radical (unpaired) electrons. The number of rotatable bonds is 6. The third-order valence-corrected chi connectivity index (χ3v) is 7.21. The Labute approximate surface area is 149 Å². The van der Waals surface area contributed by atoms with Crippen LogP contribution in [-0.4, -0.2) is 30.8 Å². The van der Waals surface area contributed by atoms with E-state index in [2.05, 4.69) is 11.9 Å². The molecule has 0 heterocycles. The van der Waals surface area contributed by atoms with Crippen molar-refractivity contribution in [3.8, 4) is 0 Å². The lowest BCUT2D eigenvalue weighted by Gasteiger charge is -2.63. The lowest BCUT2D eigenvalue weighted by molar-refractivity contribution is -0.214. The normalized spacial score (nSPS) is 38.7. The summed E-state index contributed by atoms with van der Waals surface area (Å²) in [5.74, 6) is 2.91. The fourth-order valence-electron chi connectivity index (χ4n) is 6.26. The predicted molar refractivity (Wildman–Crippen MR) is 92.8 cm³/mol. The molecule has 0 atom stereocenters. The van der Waals surface area contributed by atoms with Crippen molar-refractivity contribution >= 4 is 12.1 Å². The molecular weight excluding hydrogens is 318 g/mol. The highest BCUT2D eigenvalue weighted by molar-refractivity contribution is 5.81. The highest BCUT2D eigenvalue weighted by Gasteiger charge is 2.63. The lowest BCUT2D eigenvalue weighted by Crippen LogP contribution is -2.65. The van der Waals surface area contributed by atoms with Crippen molar-refractivity contribution in [2.75, 3.05) is 13.2 Å². The summed E-state index contributed by atoms with van der Waals surface area (Å²) in [4.78, 5) is 23.5. The predicted octanol–water partition coefficient (Wildman–Crippen LogP) is 3.44. The minimum atomic E-state index is -0.470. The van der Waals surface area contributed by atoms with Gasteiger partial charge >= 0.3 is 12.1 Å². The van der Waals surface area contributed by atoms with Crippen molar-refractivity contribution in [2.24, 2.45) is 29.6 Å². The molecule has 5 heteroatoms. The molecule has 0 aromatic heterocycles. The summed E-state index contributed by atoms with van der Waals surface area (Å²) in [5, 5.41) is 2.78. The molecule has 5 rings (SSSR count). The lowest BCUT2D eigenvalue weighted by atomic mass is 9.45. The number of esters is 1. The van der Waals surface area contributed by atoms with Crippen molar-refractivity contribution < 1.29 is 19.1 Å². The van der Waals surface area contributed by atoms with E-state index in [1.54, 1.807) is 0 Å². The van der Waals surface area contributed by atoms with Gasteiger partial charge in [0.2, 0.25) is 0 Å². The van der Waals surface area contributed by atoms with Crippen LogP contribution in [0.1, 0.15) is 51.4 Å². The van der Waals surface area contributed by atoms with Crippen molar-refractivity contribution in [3.63, 3.8) is 0 Å². The van der Waals surface area contributed by atoms with E-state index in [-0.39, 0.29) is 24.8 Å². The Balaban J connectivity index is 1.39. The Morgan fingerprint density at radius 1 is 1.04 bits per heavy atom. The molecule has 25 heavy (non-hydrogen) atoms. The van der Waals surface area contributed by atoms with E-state index >= 15 is 0 Å². The molecule has 0 saturated heterocycles. The summed E-state index contributed by atoms with van der Waals surface area (Å²) in [5.41, 5.74) is -0.229. The molecule has 0 aliphatic heterocycles. The summed E-state index contributed by atoms with van der Waals surface area (Å²) >= 11 is 0. The first-order valence-corrected chi connectivity index (χ1v) is 9.87. The minimum Gasteiger partial charge on any atom is -0.461 e. The zero-order valence-electron chi connectivity index (χ0n) is 14.9. The smallest absolute Gasteiger partial charge is 0.407 e. The molecule has 5 fully saturated rings. The highest BCUT2D eigenvalue weighted by atomic mass is 16.6. The first kappa shape index (κ1) is 16.9. The van der Waals surface area contributed by atoms with Crippen LogP contribution in [0.2, 0.25) is 0 Å². The maximum absolute atomic E-state index is 12.5. The van der Waals surface area contributed by atoms with Gasteiger partial charge in [0.25, 0.3) is 0 Å². The van der Waals surface area contributed by atoms with Gasteiger partial charge in [0, 0.05) is 6.08 Å². The third kappa shape index (κ3) is 2.96. The van der Waals surface area contributed by atoms with E-state index in [0.717, 1.165) is 17.9 Å². The first-order chi connectivity index (χ1) is 12.1. The van der Waals surface area contributed by atoms with E-state index in [0.29, 0.717) is 17.8 Å². The molecular formula is C20H29NO4. The maximum atomic E-state index is 12.5. The maximum Gasteiger partial charge on any atom is 0.407 e. The number of alkyl carbamates (subject to hydrolysis) is 1. The van der Waals surface area contributed by atoms with Gasteiger partial charge in [-0.2, -0.15) is 0 Å². The minimum absolute atomic E-state index is 0.146. The van der Waals surface area contributed by atoms with Gasteiger partial charge in [-0.3, -0.25) is 0 Å². The Hall–Kier alpha value is -1.52. The fourth-order valence-corrected chi connectivity index (χ4v) is 6.26. The Morgan fingerprint density at radius 2 is 1.68 bits per heavy atom. The molecule has 5 nitrogen and oxygen atoms in total. The number of carbonyl (C=O) groups excluding carboxylic acids is 2. The van der Waals surface area contributed by atoms with E-state index in [9.17, 15) is 9.59 Å². The van der Waals surface area contributed by atoms with Crippen molar-refractivity contribution in [1.82, 2.24) is 5.32 Å². The van der Waals surface area contributed by atoms with E-state index in [4.69, 9.17) is 9.47 Å². The summed E-state index contributed by atoms with van der Waals surface area (Å²) < 4.78 is 11.1. The van der Waals surface area contributed by atoms with Crippen LogP contribution in [0.5, 0.6) is 0 Å². The van der Waals surface area contributed by atoms with Crippen LogP contribution < -0.4 is 5.32 Å². The average molecular weight is 347 g/mol. The van der Waals surface area contributed by atoms with Crippen LogP contribution in [0, 0.1) is 29.6 Å². The number of carbonyl (C=O) groups is 2. The Kier molecular flexibility index (Phi) is 4.50. The largest absolute Gasteiger partial charge is 0.461 e. The summed E-state index contributed by atoms with van der Waals surface area (Å²) in [6.45, 7) is 3.78. The molecule has 0 unspecified atom stereocenters. The van der Waals surface area contributed by atoms with E-state index < -0.39 is 5.97 Å². The second-order valence-electron chi connectivity index (χ2n) is 8.47. The summed E-state index contributed by atoms with van der Waals surface area (Å²) in [6, 6.07) is 0. The summed E-state index contributed by atoms with van der Waals surface area (Å²) in [6.07, 6.45) is 10.8. The third-order valence-electron chi connectivity index (χ3n) is 7.21. The first-order valence-electron chi connectivity index (χ1n) is 9.87. The number of nitrogens with one attached hydrogen (secondary N) is 1. The van der Waals surface area contributed by atoms with Crippen molar-refractivity contribution in [1.29, 1.82) is 0 Å². The number of amides is 1. The van der Waals surface area contributed by atoms with Gasteiger partial charge in [0.05, 0.1) is 6.54 Å². The van der Waals surface area contributed by atoms with Crippen LogP contribution in [0.3, 0.4) is 0 Å². The second kappa shape index (κ2) is 6.65. The van der Waals surface area contributed by atoms with E-state index in [1.807, 2.05) is 0 Å². The van der Waals surface area contributed by atoms with Crippen molar-refractivity contribution in [2.45, 2.75) is 57.0 Å². The molecule has 1 amide bonds. The zero-order chi connectivity index (χ0) is 17.4. The Bertz CT molecular complexity index is 526. The van der Waals surface area contributed by atoms with Gasteiger partial charge in [-0.05, 0) is 74.5 Å². The summed E-state index contributed by atoms with van der Waals surface area (Å²) in [7, 11) is 0. The van der Waals surface area contributed by atoms with Gasteiger partial charge in [0.15, 0.2) is 0 Å². The molecule has 0 aromatic carbocycles. The molecule has 1 N–H and O–H groups in total. The molecule has 5 aliphatic rings. The molecule has 138 valence electrons.